The maximum Gasteiger partial charge on any atom is 0.165 e. The predicted octanol–water partition coefficient (Wildman–Crippen LogP) is 3.15. The second kappa shape index (κ2) is 10.3. The molecule has 0 bridgehead atoms. The van der Waals surface area contributed by atoms with E-state index in [1.54, 1.807) is 14.2 Å². The molecule has 1 N–H and O–H groups in total. The monoisotopic (exact) mass is 376 g/mol. The van der Waals surface area contributed by atoms with Crippen LogP contribution in [-0.4, -0.2) is 68.0 Å². The van der Waals surface area contributed by atoms with Crippen molar-refractivity contribution in [2.75, 3.05) is 47.0 Å². The Morgan fingerprint density at radius 1 is 1.07 bits per heavy atom. The first-order chi connectivity index (χ1) is 13.2. The van der Waals surface area contributed by atoms with Gasteiger partial charge in [0.05, 0.1) is 14.2 Å². The molecule has 5 heteroatoms. The standard InChI is InChI=1S/C22H36N2O3/c1-26-21-10-6-9-19(22(21)27-2)16-23-12-13-24(20(17-23)11-14-25)15-18-7-4-3-5-8-18/h6,9-10,18,20,25H,3-5,7-8,11-17H2,1-2H3/t20-/m1/s1. The summed E-state index contributed by atoms with van der Waals surface area (Å²) >= 11 is 0. The summed E-state index contributed by atoms with van der Waals surface area (Å²) in [5.41, 5.74) is 1.17. The fourth-order valence-electron chi connectivity index (χ4n) is 4.78. The molecule has 0 unspecified atom stereocenters. The summed E-state index contributed by atoms with van der Waals surface area (Å²) in [4.78, 5) is 5.14. The maximum atomic E-state index is 9.59. The van der Waals surface area contributed by atoms with Crippen molar-refractivity contribution >= 4 is 0 Å². The topological polar surface area (TPSA) is 45.2 Å². The molecule has 2 aliphatic rings. The molecule has 2 fully saturated rings. The minimum atomic E-state index is 0.266. The van der Waals surface area contributed by atoms with Crippen LogP contribution in [0, 0.1) is 5.92 Å². The summed E-state index contributed by atoms with van der Waals surface area (Å²) in [7, 11) is 3.39. The smallest absolute Gasteiger partial charge is 0.165 e. The number of nitrogens with zero attached hydrogens (tertiary/aromatic N) is 2. The van der Waals surface area contributed by atoms with Crippen LogP contribution < -0.4 is 9.47 Å². The average molecular weight is 377 g/mol. The fraction of sp³-hybridized carbons (Fsp3) is 0.727. The Morgan fingerprint density at radius 3 is 2.59 bits per heavy atom. The van der Waals surface area contributed by atoms with E-state index in [4.69, 9.17) is 9.47 Å². The molecule has 3 rings (SSSR count). The van der Waals surface area contributed by atoms with Crippen molar-refractivity contribution < 1.29 is 14.6 Å². The molecule has 1 saturated carbocycles. The molecule has 1 saturated heterocycles. The molecule has 1 aliphatic carbocycles. The summed E-state index contributed by atoms with van der Waals surface area (Å²) in [6.45, 7) is 5.50. The zero-order valence-electron chi connectivity index (χ0n) is 17.0. The van der Waals surface area contributed by atoms with Crippen LogP contribution in [0.4, 0.5) is 0 Å². The van der Waals surface area contributed by atoms with Crippen molar-refractivity contribution in [3.8, 4) is 11.5 Å². The van der Waals surface area contributed by atoms with E-state index >= 15 is 0 Å². The van der Waals surface area contributed by atoms with Crippen molar-refractivity contribution in [3.05, 3.63) is 23.8 Å². The first-order valence-corrected chi connectivity index (χ1v) is 10.5. The summed E-state index contributed by atoms with van der Waals surface area (Å²) in [6, 6.07) is 6.54. The van der Waals surface area contributed by atoms with Gasteiger partial charge in [-0.15, -0.1) is 0 Å². The van der Waals surface area contributed by atoms with E-state index < -0.39 is 0 Å². The summed E-state index contributed by atoms with van der Waals surface area (Å²) in [5.74, 6) is 2.48. The number of piperazine rings is 1. The van der Waals surface area contributed by atoms with Gasteiger partial charge in [0, 0.05) is 50.9 Å². The summed E-state index contributed by atoms with van der Waals surface area (Å²) in [5, 5.41) is 9.59. The van der Waals surface area contributed by atoms with Gasteiger partial charge in [0.2, 0.25) is 0 Å². The highest BCUT2D eigenvalue weighted by Gasteiger charge is 2.29. The molecule has 0 spiro atoms. The molecule has 152 valence electrons. The van der Waals surface area contributed by atoms with Gasteiger partial charge in [0.25, 0.3) is 0 Å². The molecular formula is C22H36N2O3. The number of aliphatic hydroxyl groups is 1. The summed E-state index contributed by atoms with van der Waals surface area (Å²) in [6.07, 6.45) is 7.82. The normalized spacial score (nSPS) is 22.7. The van der Waals surface area contributed by atoms with Gasteiger partial charge in [0.1, 0.15) is 0 Å². The van der Waals surface area contributed by atoms with Gasteiger partial charge < -0.3 is 14.6 Å². The van der Waals surface area contributed by atoms with Gasteiger partial charge >= 0.3 is 0 Å². The van der Waals surface area contributed by atoms with Crippen molar-refractivity contribution in [3.63, 3.8) is 0 Å². The lowest BCUT2D eigenvalue weighted by Crippen LogP contribution is -2.54. The van der Waals surface area contributed by atoms with Crippen LogP contribution in [0.1, 0.15) is 44.1 Å². The minimum absolute atomic E-state index is 0.266. The lowest BCUT2D eigenvalue weighted by molar-refractivity contribution is 0.0397. The van der Waals surface area contributed by atoms with Crippen LogP contribution in [0.15, 0.2) is 18.2 Å². The number of benzene rings is 1. The zero-order chi connectivity index (χ0) is 19.1. The Kier molecular flexibility index (Phi) is 7.80. The highest BCUT2D eigenvalue weighted by atomic mass is 16.5. The Labute approximate surface area is 164 Å². The van der Waals surface area contributed by atoms with Crippen molar-refractivity contribution in [2.24, 2.45) is 5.92 Å². The van der Waals surface area contributed by atoms with Gasteiger partial charge in [-0.1, -0.05) is 31.4 Å². The first kappa shape index (κ1) is 20.4. The Morgan fingerprint density at radius 2 is 1.89 bits per heavy atom. The number of hydrogen-bond acceptors (Lipinski definition) is 5. The second-order valence-corrected chi connectivity index (χ2v) is 8.05. The first-order valence-electron chi connectivity index (χ1n) is 10.5. The van der Waals surface area contributed by atoms with Gasteiger partial charge in [-0.05, 0) is 31.2 Å². The maximum absolute atomic E-state index is 9.59. The van der Waals surface area contributed by atoms with Crippen molar-refractivity contribution in [1.82, 2.24) is 9.80 Å². The Bertz CT molecular complexity index is 575. The molecule has 27 heavy (non-hydrogen) atoms. The third-order valence-electron chi connectivity index (χ3n) is 6.25. The number of para-hydroxylation sites is 1. The molecule has 0 amide bonds. The van der Waals surface area contributed by atoms with Gasteiger partial charge in [0.15, 0.2) is 11.5 Å². The highest BCUT2D eigenvalue weighted by molar-refractivity contribution is 5.46. The van der Waals surface area contributed by atoms with E-state index in [9.17, 15) is 5.11 Å². The van der Waals surface area contributed by atoms with Gasteiger partial charge in [-0.3, -0.25) is 9.80 Å². The summed E-state index contributed by atoms with van der Waals surface area (Å²) < 4.78 is 11.0. The third kappa shape index (κ3) is 5.37. The number of methoxy groups -OCH3 is 2. The average Bonchev–Trinajstić information content (AvgIpc) is 2.70. The largest absolute Gasteiger partial charge is 0.493 e. The predicted molar refractivity (Wildman–Crippen MR) is 108 cm³/mol. The second-order valence-electron chi connectivity index (χ2n) is 8.05. The van der Waals surface area contributed by atoms with E-state index in [-0.39, 0.29) is 6.61 Å². The fourth-order valence-corrected chi connectivity index (χ4v) is 4.78. The number of ether oxygens (including phenoxy) is 2. The molecule has 1 aromatic rings. The Balaban J connectivity index is 1.62. The van der Waals surface area contributed by atoms with E-state index in [1.165, 1.54) is 44.2 Å². The van der Waals surface area contributed by atoms with Crippen LogP contribution >= 0.6 is 0 Å². The molecular weight excluding hydrogens is 340 g/mol. The minimum Gasteiger partial charge on any atom is -0.493 e. The molecule has 1 atom stereocenters. The lowest BCUT2D eigenvalue weighted by atomic mass is 9.88. The van der Waals surface area contributed by atoms with Crippen LogP contribution in [0.2, 0.25) is 0 Å². The Hall–Kier alpha value is -1.30. The highest BCUT2D eigenvalue weighted by Crippen LogP contribution is 2.32. The quantitative estimate of drug-likeness (QED) is 0.755. The molecule has 1 aromatic carbocycles. The van der Waals surface area contributed by atoms with E-state index in [0.29, 0.717) is 6.04 Å². The van der Waals surface area contributed by atoms with Crippen molar-refractivity contribution in [2.45, 2.75) is 51.1 Å². The number of hydrogen-bond donors (Lipinski definition) is 1. The SMILES string of the molecule is COc1cccc(CN2CCN(CC3CCCCC3)[C@H](CCO)C2)c1OC. The molecule has 1 heterocycles. The van der Waals surface area contributed by atoms with Crippen LogP contribution in [0.25, 0.3) is 0 Å². The van der Waals surface area contributed by atoms with Crippen molar-refractivity contribution in [1.29, 1.82) is 0 Å². The number of aliphatic hydroxyl groups excluding tert-OH is 1. The molecule has 1 aliphatic heterocycles. The van der Waals surface area contributed by atoms with E-state index in [1.807, 2.05) is 12.1 Å². The molecule has 5 nitrogen and oxygen atoms in total. The third-order valence-corrected chi connectivity index (χ3v) is 6.25. The van der Waals surface area contributed by atoms with E-state index in [0.717, 1.165) is 50.0 Å². The number of rotatable bonds is 8. The van der Waals surface area contributed by atoms with Crippen LogP contribution in [0.5, 0.6) is 11.5 Å². The molecule has 0 radical (unpaired) electrons. The van der Waals surface area contributed by atoms with Gasteiger partial charge in [-0.2, -0.15) is 0 Å². The zero-order valence-corrected chi connectivity index (χ0v) is 17.0. The van der Waals surface area contributed by atoms with Gasteiger partial charge in [-0.25, -0.2) is 0 Å². The van der Waals surface area contributed by atoms with Crippen LogP contribution in [0.3, 0.4) is 0 Å². The lowest BCUT2D eigenvalue weighted by Gasteiger charge is -2.43. The van der Waals surface area contributed by atoms with E-state index in [2.05, 4.69) is 15.9 Å². The van der Waals surface area contributed by atoms with Crippen LogP contribution in [-0.2, 0) is 6.54 Å². The molecule has 0 aromatic heterocycles.